The second kappa shape index (κ2) is 12.5. The Labute approximate surface area is 224 Å². The van der Waals surface area contributed by atoms with E-state index in [1.807, 2.05) is 25.7 Å². The Morgan fingerprint density at radius 1 is 1.21 bits per heavy atom. The summed E-state index contributed by atoms with van der Waals surface area (Å²) < 4.78 is 15.1. The predicted molar refractivity (Wildman–Crippen MR) is 144 cm³/mol. The fourth-order valence-electron chi connectivity index (χ4n) is 4.70. The van der Waals surface area contributed by atoms with Crippen molar-refractivity contribution in [3.63, 3.8) is 0 Å². The Kier molecular flexibility index (Phi) is 9.65. The summed E-state index contributed by atoms with van der Waals surface area (Å²) in [6.45, 7) is 8.89. The van der Waals surface area contributed by atoms with E-state index in [9.17, 15) is 18.8 Å². The molecule has 0 aliphatic carbocycles. The molecule has 1 aromatic heterocycles. The van der Waals surface area contributed by atoms with Crippen molar-refractivity contribution in [2.45, 2.75) is 65.1 Å². The highest BCUT2D eigenvalue weighted by Gasteiger charge is 2.41. The Morgan fingerprint density at radius 3 is 2.47 bits per heavy atom. The van der Waals surface area contributed by atoms with Gasteiger partial charge in [-0.05, 0) is 56.3 Å². The number of carbonyl (C=O) groups excluding carboxylic acids is 3. The first kappa shape index (κ1) is 29.3. The van der Waals surface area contributed by atoms with E-state index in [4.69, 9.17) is 0 Å². The zero-order chi connectivity index (χ0) is 28.0. The summed E-state index contributed by atoms with van der Waals surface area (Å²) in [4.78, 5) is 47.7. The fourth-order valence-corrected chi connectivity index (χ4v) is 4.70. The molecule has 9 nitrogen and oxygen atoms in total. The molecule has 0 bridgehead atoms. The summed E-state index contributed by atoms with van der Waals surface area (Å²) in [7, 11) is 3.47. The minimum Gasteiger partial charge on any atom is -0.342 e. The third-order valence-electron chi connectivity index (χ3n) is 7.22. The lowest BCUT2D eigenvalue weighted by atomic mass is 9.85. The number of benzene rings is 1. The molecule has 2 heterocycles. The van der Waals surface area contributed by atoms with Crippen LogP contribution in [0.15, 0.2) is 36.8 Å². The molecule has 208 valence electrons. The maximum atomic E-state index is 13.8. The summed E-state index contributed by atoms with van der Waals surface area (Å²) in [5.41, 5.74) is 0.878. The van der Waals surface area contributed by atoms with Gasteiger partial charge in [0.05, 0.1) is 18.6 Å². The van der Waals surface area contributed by atoms with E-state index in [2.05, 4.69) is 15.6 Å². The van der Waals surface area contributed by atoms with E-state index in [0.717, 1.165) is 18.4 Å². The molecule has 38 heavy (non-hydrogen) atoms. The standard InChI is InChI=1S/C28H41FN6O3/c1-19(30-5)25(36)32-24(28(2,3)4)27(38)35-14-7-8-22(35)17-34(26(37)23-16-31-18-33(23)6)15-13-20-9-11-21(29)12-10-20/h9-12,16,18-19,22,24,30H,7-8,13-15,17H2,1-6H3,(H,32,36)/t19-,22-,24+/m0/s1. The number of likely N-dealkylation sites (N-methyl/N-ethyl adjacent to an activating group) is 1. The second-order valence-electron chi connectivity index (χ2n) is 11.2. The van der Waals surface area contributed by atoms with E-state index in [-0.39, 0.29) is 29.6 Å². The minimum absolute atomic E-state index is 0.136. The van der Waals surface area contributed by atoms with Crippen molar-refractivity contribution in [3.8, 4) is 0 Å². The Morgan fingerprint density at radius 2 is 1.89 bits per heavy atom. The van der Waals surface area contributed by atoms with Crippen molar-refractivity contribution in [2.24, 2.45) is 12.5 Å². The Bertz CT molecular complexity index is 1110. The van der Waals surface area contributed by atoms with Crippen LogP contribution in [0.1, 0.15) is 56.6 Å². The van der Waals surface area contributed by atoms with Gasteiger partial charge in [0, 0.05) is 32.7 Å². The summed E-state index contributed by atoms with van der Waals surface area (Å²) in [6, 6.07) is 4.95. The number of likely N-dealkylation sites (tertiary alicyclic amines) is 1. The van der Waals surface area contributed by atoms with Crippen LogP contribution in [0.4, 0.5) is 4.39 Å². The average molecular weight is 529 g/mol. The van der Waals surface area contributed by atoms with Crippen LogP contribution in [0.3, 0.4) is 0 Å². The van der Waals surface area contributed by atoms with E-state index >= 15 is 0 Å². The topological polar surface area (TPSA) is 99.6 Å². The number of aromatic nitrogens is 2. The Balaban J connectivity index is 1.81. The first-order chi connectivity index (χ1) is 17.9. The van der Waals surface area contributed by atoms with Gasteiger partial charge in [-0.2, -0.15) is 0 Å². The number of amides is 3. The maximum Gasteiger partial charge on any atom is 0.272 e. The van der Waals surface area contributed by atoms with Crippen molar-refractivity contribution < 1.29 is 18.8 Å². The van der Waals surface area contributed by atoms with Gasteiger partial charge in [-0.1, -0.05) is 32.9 Å². The lowest BCUT2D eigenvalue weighted by Crippen LogP contribution is -2.59. The SMILES string of the molecule is CN[C@@H](C)C(=O)N[C@H](C(=O)N1CCC[C@H]1CN(CCc1ccc(F)cc1)C(=O)c1cncn1C)C(C)(C)C. The quantitative estimate of drug-likeness (QED) is 0.493. The van der Waals surface area contributed by atoms with E-state index in [1.54, 1.807) is 55.1 Å². The summed E-state index contributed by atoms with van der Waals surface area (Å²) in [6.07, 6.45) is 5.25. The molecule has 2 N–H and O–H groups in total. The molecule has 0 radical (unpaired) electrons. The number of rotatable bonds is 10. The van der Waals surface area contributed by atoms with Crippen LogP contribution in [0.5, 0.6) is 0 Å². The molecule has 1 fully saturated rings. The van der Waals surface area contributed by atoms with E-state index in [1.165, 1.54) is 12.1 Å². The number of nitrogens with zero attached hydrogens (tertiary/aromatic N) is 4. The highest BCUT2D eigenvalue weighted by Crippen LogP contribution is 2.27. The highest BCUT2D eigenvalue weighted by atomic mass is 19.1. The fraction of sp³-hybridized carbons (Fsp3) is 0.571. The van der Waals surface area contributed by atoms with Crippen LogP contribution in [-0.2, 0) is 23.1 Å². The first-order valence-electron chi connectivity index (χ1n) is 13.2. The molecule has 1 aromatic carbocycles. The number of carbonyl (C=O) groups is 3. The van der Waals surface area contributed by atoms with Crippen LogP contribution in [0.25, 0.3) is 0 Å². The van der Waals surface area contributed by atoms with Gasteiger partial charge in [-0.3, -0.25) is 14.4 Å². The molecule has 3 atom stereocenters. The number of hydrogen-bond donors (Lipinski definition) is 2. The molecule has 0 unspecified atom stereocenters. The molecule has 1 aliphatic rings. The van der Waals surface area contributed by atoms with Crippen LogP contribution in [0, 0.1) is 11.2 Å². The molecular formula is C28H41FN6O3. The first-order valence-corrected chi connectivity index (χ1v) is 13.2. The smallest absolute Gasteiger partial charge is 0.272 e. The molecule has 3 rings (SSSR count). The van der Waals surface area contributed by atoms with Crippen LogP contribution in [-0.4, -0.2) is 81.9 Å². The third-order valence-corrected chi connectivity index (χ3v) is 7.22. The second-order valence-corrected chi connectivity index (χ2v) is 11.2. The van der Waals surface area contributed by atoms with Crippen molar-refractivity contribution in [2.75, 3.05) is 26.7 Å². The van der Waals surface area contributed by atoms with E-state index in [0.29, 0.717) is 31.7 Å². The largest absolute Gasteiger partial charge is 0.342 e. The molecule has 2 aromatic rings. The van der Waals surface area contributed by atoms with Crippen molar-refractivity contribution >= 4 is 17.7 Å². The van der Waals surface area contributed by atoms with Crippen molar-refractivity contribution in [3.05, 3.63) is 53.9 Å². The zero-order valence-corrected chi connectivity index (χ0v) is 23.3. The van der Waals surface area contributed by atoms with Gasteiger partial charge < -0.3 is 25.0 Å². The summed E-state index contributed by atoms with van der Waals surface area (Å²) in [5, 5.41) is 5.86. The molecule has 1 saturated heterocycles. The monoisotopic (exact) mass is 528 g/mol. The van der Waals surface area contributed by atoms with Crippen LogP contribution >= 0.6 is 0 Å². The van der Waals surface area contributed by atoms with Gasteiger partial charge in [0.15, 0.2) is 0 Å². The van der Waals surface area contributed by atoms with Crippen molar-refractivity contribution in [1.82, 2.24) is 30.0 Å². The van der Waals surface area contributed by atoms with Crippen LogP contribution < -0.4 is 10.6 Å². The van der Waals surface area contributed by atoms with E-state index < -0.39 is 17.5 Å². The predicted octanol–water partition coefficient (Wildman–Crippen LogP) is 2.37. The summed E-state index contributed by atoms with van der Waals surface area (Å²) in [5.74, 6) is -0.844. The molecule has 0 saturated carbocycles. The van der Waals surface area contributed by atoms with Gasteiger partial charge in [0.25, 0.3) is 5.91 Å². The van der Waals surface area contributed by atoms with Gasteiger partial charge >= 0.3 is 0 Å². The number of aryl methyl sites for hydroxylation is 1. The maximum absolute atomic E-state index is 13.8. The normalized spacial score (nSPS) is 17.2. The van der Waals surface area contributed by atoms with Crippen LogP contribution in [0.2, 0.25) is 0 Å². The third kappa shape index (κ3) is 7.18. The molecular weight excluding hydrogens is 487 g/mol. The number of hydrogen-bond acceptors (Lipinski definition) is 5. The lowest BCUT2D eigenvalue weighted by Gasteiger charge is -2.37. The molecule has 0 spiro atoms. The van der Waals surface area contributed by atoms with Gasteiger partial charge in [0.2, 0.25) is 11.8 Å². The molecule has 10 heteroatoms. The number of halogens is 1. The van der Waals surface area contributed by atoms with Gasteiger partial charge in [-0.15, -0.1) is 0 Å². The Hall–Kier alpha value is -3.27. The lowest BCUT2D eigenvalue weighted by molar-refractivity contribution is -0.140. The number of nitrogens with one attached hydrogen (secondary N) is 2. The molecule has 1 aliphatic heterocycles. The van der Waals surface area contributed by atoms with Gasteiger partial charge in [-0.25, -0.2) is 9.37 Å². The minimum atomic E-state index is -0.702. The number of imidazole rings is 1. The highest BCUT2D eigenvalue weighted by molar-refractivity contribution is 5.93. The zero-order valence-electron chi connectivity index (χ0n) is 23.3. The average Bonchev–Trinajstić information content (AvgIpc) is 3.52. The van der Waals surface area contributed by atoms with Crippen molar-refractivity contribution in [1.29, 1.82) is 0 Å². The summed E-state index contributed by atoms with van der Waals surface area (Å²) >= 11 is 0. The molecule has 3 amide bonds. The van der Waals surface area contributed by atoms with Gasteiger partial charge in [0.1, 0.15) is 17.6 Å².